The van der Waals surface area contributed by atoms with E-state index in [1.807, 2.05) is 41.8 Å². The third-order valence-electron chi connectivity index (χ3n) is 5.76. The number of morpholine rings is 1. The number of pyridine rings is 1. The zero-order valence-corrected chi connectivity index (χ0v) is 17.6. The van der Waals surface area contributed by atoms with Gasteiger partial charge in [-0.05, 0) is 57.0 Å². The number of aromatic nitrogens is 1. The molecule has 2 atom stereocenters. The molecule has 1 aromatic heterocycles. The Morgan fingerprint density at radius 1 is 1.03 bits per heavy atom. The lowest BCUT2D eigenvalue weighted by Gasteiger charge is -2.39. The number of rotatable bonds is 2. The Labute approximate surface area is 175 Å². The van der Waals surface area contributed by atoms with Crippen molar-refractivity contribution in [1.82, 2.24) is 14.8 Å². The summed E-state index contributed by atoms with van der Waals surface area (Å²) >= 11 is 5.93. The van der Waals surface area contributed by atoms with Gasteiger partial charge in [-0.2, -0.15) is 0 Å². The molecule has 2 aromatic rings. The van der Waals surface area contributed by atoms with Crippen molar-refractivity contribution < 1.29 is 14.3 Å². The lowest BCUT2D eigenvalue weighted by Crippen LogP contribution is -2.51. The lowest BCUT2D eigenvalue weighted by molar-refractivity contribution is -0.148. The van der Waals surface area contributed by atoms with Crippen LogP contribution >= 0.6 is 11.6 Å². The molecule has 0 aliphatic carbocycles. The number of likely N-dealkylation sites (tertiary alicyclic amines) is 1. The number of hydrogen-bond donors (Lipinski definition) is 0. The minimum Gasteiger partial charge on any atom is -0.372 e. The molecule has 29 heavy (non-hydrogen) atoms. The van der Waals surface area contributed by atoms with Crippen molar-refractivity contribution in [2.24, 2.45) is 5.92 Å². The zero-order chi connectivity index (χ0) is 20.5. The molecule has 2 saturated heterocycles. The van der Waals surface area contributed by atoms with Crippen LogP contribution < -0.4 is 0 Å². The molecule has 7 heteroatoms. The van der Waals surface area contributed by atoms with Gasteiger partial charge in [-0.1, -0.05) is 11.6 Å². The van der Waals surface area contributed by atoms with Crippen molar-refractivity contribution in [2.45, 2.75) is 38.9 Å². The molecule has 0 N–H and O–H groups in total. The van der Waals surface area contributed by atoms with Gasteiger partial charge in [0.15, 0.2) is 0 Å². The Morgan fingerprint density at radius 2 is 1.72 bits per heavy atom. The molecule has 1 aromatic carbocycles. The number of hydrogen-bond acceptors (Lipinski definition) is 4. The van der Waals surface area contributed by atoms with E-state index in [2.05, 4.69) is 4.98 Å². The van der Waals surface area contributed by atoms with E-state index in [9.17, 15) is 9.59 Å². The molecule has 2 fully saturated rings. The van der Waals surface area contributed by atoms with Crippen LogP contribution in [0.15, 0.2) is 30.3 Å². The second kappa shape index (κ2) is 8.28. The van der Waals surface area contributed by atoms with Crippen molar-refractivity contribution in [3.8, 4) is 0 Å². The minimum absolute atomic E-state index is 0.00126. The average molecular weight is 416 g/mol. The molecule has 2 aliphatic heterocycles. The van der Waals surface area contributed by atoms with Gasteiger partial charge in [0.25, 0.3) is 5.91 Å². The first-order valence-corrected chi connectivity index (χ1v) is 10.6. The van der Waals surface area contributed by atoms with Crippen LogP contribution in [0.2, 0.25) is 5.15 Å². The van der Waals surface area contributed by atoms with Gasteiger partial charge in [-0.25, -0.2) is 4.98 Å². The molecule has 2 amide bonds. The van der Waals surface area contributed by atoms with Gasteiger partial charge in [0.1, 0.15) is 5.15 Å². The van der Waals surface area contributed by atoms with E-state index in [1.165, 1.54) is 0 Å². The Bertz CT molecular complexity index is 917. The van der Waals surface area contributed by atoms with Gasteiger partial charge in [0, 0.05) is 43.0 Å². The van der Waals surface area contributed by atoms with Crippen LogP contribution in [0.5, 0.6) is 0 Å². The van der Waals surface area contributed by atoms with Crippen molar-refractivity contribution in [3.63, 3.8) is 0 Å². The molecular formula is C22H26ClN3O3. The largest absolute Gasteiger partial charge is 0.372 e. The van der Waals surface area contributed by atoms with Crippen LogP contribution in [-0.4, -0.2) is 65.0 Å². The van der Waals surface area contributed by atoms with E-state index in [4.69, 9.17) is 16.3 Å². The van der Waals surface area contributed by atoms with Crippen molar-refractivity contribution in [2.75, 3.05) is 26.2 Å². The van der Waals surface area contributed by atoms with E-state index < -0.39 is 0 Å². The van der Waals surface area contributed by atoms with E-state index in [-0.39, 0.29) is 29.9 Å². The molecular weight excluding hydrogens is 390 g/mol. The number of piperidine rings is 1. The first-order valence-electron chi connectivity index (χ1n) is 10.2. The predicted octanol–water partition coefficient (Wildman–Crippen LogP) is 3.38. The number of carbonyl (C=O) groups excluding carboxylic acids is 2. The molecule has 6 nitrogen and oxygen atoms in total. The second-order valence-corrected chi connectivity index (χ2v) is 8.50. The summed E-state index contributed by atoms with van der Waals surface area (Å²) in [6.07, 6.45) is 1.55. The summed E-state index contributed by atoms with van der Waals surface area (Å²) in [5.74, 6) is 0.189. The SMILES string of the molecule is CC1CN(C(=O)C2CCN(C(=O)c3ccc4nc(Cl)ccc4c3)CC2)CC(C)O1. The van der Waals surface area contributed by atoms with Gasteiger partial charge < -0.3 is 14.5 Å². The van der Waals surface area contributed by atoms with Crippen molar-refractivity contribution in [3.05, 3.63) is 41.0 Å². The van der Waals surface area contributed by atoms with Crippen molar-refractivity contribution in [1.29, 1.82) is 0 Å². The highest BCUT2D eigenvalue weighted by molar-refractivity contribution is 6.29. The zero-order valence-electron chi connectivity index (χ0n) is 16.8. The summed E-state index contributed by atoms with van der Waals surface area (Å²) < 4.78 is 5.73. The van der Waals surface area contributed by atoms with Gasteiger partial charge in [-0.15, -0.1) is 0 Å². The molecule has 154 valence electrons. The molecule has 2 aliphatic rings. The summed E-state index contributed by atoms with van der Waals surface area (Å²) in [6.45, 7) is 6.51. The summed E-state index contributed by atoms with van der Waals surface area (Å²) in [5, 5.41) is 1.33. The summed E-state index contributed by atoms with van der Waals surface area (Å²) in [5.41, 5.74) is 1.41. The maximum Gasteiger partial charge on any atom is 0.253 e. The molecule has 0 spiro atoms. The smallest absolute Gasteiger partial charge is 0.253 e. The van der Waals surface area contributed by atoms with Crippen LogP contribution in [-0.2, 0) is 9.53 Å². The quantitative estimate of drug-likeness (QED) is 0.705. The molecule has 0 radical (unpaired) electrons. The fourth-order valence-corrected chi connectivity index (χ4v) is 4.52. The predicted molar refractivity (Wildman–Crippen MR) is 112 cm³/mol. The molecule has 2 unspecified atom stereocenters. The number of halogens is 1. The third-order valence-corrected chi connectivity index (χ3v) is 5.98. The van der Waals surface area contributed by atoms with Gasteiger partial charge >= 0.3 is 0 Å². The Balaban J connectivity index is 1.38. The number of benzene rings is 1. The van der Waals surface area contributed by atoms with Crippen LogP contribution in [0.25, 0.3) is 10.9 Å². The fraction of sp³-hybridized carbons (Fsp3) is 0.500. The monoisotopic (exact) mass is 415 g/mol. The fourth-order valence-electron chi connectivity index (χ4n) is 4.36. The van der Waals surface area contributed by atoms with E-state index in [1.54, 1.807) is 12.1 Å². The van der Waals surface area contributed by atoms with Crippen LogP contribution in [0.3, 0.4) is 0 Å². The van der Waals surface area contributed by atoms with Gasteiger partial charge in [-0.3, -0.25) is 9.59 Å². The highest BCUT2D eigenvalue weighted by Gasteiger charge is 2.33. The standard InChI is InChI=1S/C22H26ClN3O3/c1-14-12-26(13-15(2)29-14)21(27)16-7-9-25(10-8-16)22(28)18-3-5-19-17(11-18)4-6-20(23)24-19/h3-6,11,14-16H,7-10,12-13H2,1-2H3. The van der Waals surface area contributed by atoms with E-state index in [0.29, 0.717) is 49.7 Å². The highest BCUT2D eigenvalue weighted by atomic mass is 35.5. The maximum absolute atomic E-state index is 12.9. The second-order valence-electron chi connectivity index (χ2n) is 8.11. The number of ether oxygens (including phenoxy) is 1. The maximum atomic E-state index is 12.9. The topological polar surface area (TPSA) is 62.7 Å². The Hall–Kier alpha value is -2.18. The number of nitrogens with zero attached hydrogens (tertiary/aromatic N) is 3. The summed E-state index contributed by atoms with van der Waals surface area (Å²) in [7, 11) is 0. The van der Waals surface area contributed by atoms with Gasteiger partial charge in [0.05, 0.1) is 17.7 Å². The Kier molecular flexibility index (Phi) is 5.74. The molecule has 0 bridgehead atoms. The molecule has 0 saturated carbocycles. The summed E-state index contributed by atoms with van der Waals surface area (Å²) in [6, 6.07) is 9.07. The molecule has 4 rings (SSSR count). The van der Waals surface area contributed by atoms with Crippen molar-refractivity contribution >= 4 is 34.3 Å². The minimum atomic E-state index is -0.0144. The lowest BCUT2D eigenvalue weighted by atomic mass is 9.94. The highest BCUT2D eigenvalue weighted by Crippen LogP contribution is 2.24. The van der Waals surface area contributed by atoms with E-state index in [0.717, 1.165) is 10.9 Å². The van der Waals surface area contributed by atoms with Crippen LogP contribution in [0.1, 0.15) is 37.0 Å². The number of fused-ring (bicyclic) bond motifs is 1. The van der Waals surface area contributed by atoms with E-state index >= 15 is 0 Å². The van der Waals surface area contributed by atoms with Crippen LogP contribution in [0.4, 0.5) is 0 Å². The summed E-state index contributed by atoms with van der Waals surface area (Å²) in [4.78, 5) is 33.9. The third kappa shape index (κ3) is 4.38. The Morgan fingerprint density at radius 3 is 2.41 bits per heavy atom. The van der Waals surface area contributed by atoms with Crippen LogP contribution in [0, 0.1) is 5.92 Å². The van der Waals surface area contributed by atoms with Gasteiger partial charge in [0.2, 0.25) is 5.91 Å². The molecule has 3 heterocycles. The number of carbonyl (C=O) groups is 2. The number of amides is 2. The average Bonchev–Trinajstić information content (AvgIpc) is 2.71. The first kappa shape index (κ1) is 20.1. The normalized spacial score (nSPS) is 23.4. The first-order chi connectivity index (χ1) is 13.9.